The number of hydrogen-bond acceptors (Lipinski definition) is 7. The number of rotatable bonds is 9. The average molecular weight is 478 g/mol. The van der Waals surface area contributed by atoms with E-state index < -0.39 is 36.2 Å². The van der Waals surface area contributed by atoms with Crippen LogP contribution in [-0.4, -0.2) is 48.6 Å². The van der Waals surface area contributed by atoms with Gasteiger partial charge in [-0.2, -0.15) is 0 Å². The standard InChI is InChI=1S/C23H22F2N4O4.Na/c1-29-23(26-27-28-29)20(11-10-18(30)12-19(31)13-21(32)33)22(14-2-6-16(24)7-3-14)15-4-8-17(25)9-5-15;/h2-11,18-19,30-31H,12-13H2,1H3,(H,32,33);/q;+1/p-1/b11-10+;/t18-,19-;/m0./s1. The molecule has 172 valence electrons. The van der Waals surface area contributed by atoms with Crippen molar-refractivity contribution in [3.8, 4) is 0 Å². The first kappa shape index (κ1) is 27.5. The second-order valence-corrected chi connectivity index (χ2v) is 7.32. The van der Waals surface area contributed by atoms with Gasteiger partial charge in [0.2, 0.25) is 0 Å². The summed E-state index contributed by atoms with van der Waals surface area (Å²) in [5.41, 5.74) is 2.12. The number of hydrogen-bond donors (Lipinski definition) is 2. The molecule has 3 rings (SSSR count). The molecule has 0 amide bonds. The summed E-state index contributed by atoms with van der Waals surface area (Å²) in [7, 11) is 1.61. The van der Waals surface area contributed by atoms with Gasteiger partial charge in [-0.3, -0.25) is 0 Å². The molecule has 0 unspecified atom stereocenters. The van der Waals surface area contributed by atoms with Gasteiger partial charge >= 0.3 is 29.6 Å². The maximum absolute atomic E-state index is 13.6. The van der Waals surface area contributed by atoms with Crippen LogP contribution in [0.2, 0.25) is 0 Å². The number of carboxylic acids is 1. The number of nitrogens with zero attached hydrogens (tertiary/aromatic N) is 4. The Labute approximate surface area is 216 Å². The average Bonchev–Trinajstić information content (AvgIpc) is 3.18. The number of carbonyl (C=O) groups is 1. The van der Waals surface area contributed by atoms with Crippen molar-refractivity contribution in [1.82, 2.24) is 20.2 Å². The molecule has 0 aliphatic heterocycles. The smallest absolute Gasteiger partial charge is 0.550 e. The SMILES string of the molecule is Cn1nnnc1C(/C=C/[C@H](O)C[C@H](O)CC(=O)[O-])=C(c1ccc(F)cc1)c1ccc(F)cc1.[Na+]. The fourth-order valence-electron chi connectivity index (χ4n) is 3.28. The molecule has 2 aromatic carbocycles. The van der Waals surface area contributed by atoms with Crippen molar-refractivity contribution < 1.29 is 58.5 Å². The molecule has 34 heavy (non-hydrogen) atoms. The molecule has 0 radical (unpaired) electrons. The van der Waals surface area contributed by atoms with E-state index in [0.29, 0.717) is 28.1 Å². The third kappa shape index (κ3) is 7.37. The van der Waals surface area contributed by atoms with Crippen molar-refractivity contribution in [3.63, 3.8) is 0 Å². The fourth-order valence-corrected chi connectivity index (χ4v) is 3.28. The Morgan fingerprint density at radius 1 is 1.06 bits per heavy atom. The first-order chi connectivity index (χ1) is 15.7. The van der Waals surface area contributed by atoms with Crippen molar-refractivity contribution in [3.05, 3.63) is 89.3 Å². The number of tetrazole rings is 1. The number of aliphatic hydroxyl groups is 2. The molecule has 0 saturated heterocycles. The summed E-state index contributed by atoms with van der Waals surface area (Å²) in [6.45, 7) is 0. The monoisotopic (exact) mass is 478 g/mol. The number of benzene rings is 2. The quantitative estimate of drug-likeness (QED) is 0.276. The summed E-state index contributed by atoms with van der Waals surface area (Å²) in [4.78, 5) is 10.6. The molecule has 3 aromatic rings. The molecule has 0 spiro atoms. The molecule has 2 atom stereocenters. The summed E-state index contributed by atoms with van der Waals surface area (Å²) in [5, 5.41) is 42.2. The van der Waals surface area contributed by atoms with Crippen LogP contribution >= 0.6 is 0 Å². The molecule has 0 aliphatic rings. The Bertz CT molecular complexity index is 1120. The summed E-state index contributed by atoms with van der Waals surface area (Å²) < 4.78 is 28.6. The summed E-state index contributed by atoms with van der Waals surface area (Å²) in [5.74, 6) is -2.00. The molecule has 1 heterocycles. The largest absolute Gasteiger partial charge is 1.00 e. The van der Waals surface area contributed by atoms with Crippen molar-refractivity contribution in [1.29, 1.82) is 0 Å². The Morgan fingerprint density at radius 2 is 1.59 bits per heavy atom. The maximum atomic E-state index is 13.6. The van der Waals surface area contributed by atoms with Gasteiger partial charge in [-0.15, -0.1) is 5.10 Å². The molecule has 11 heteroatoms. The summed E-state index contributed by atoms with van der Waals surface area (Å²) in [6, 6.07) is 11.3. The molecule has 0 aliphatic carbocycles. The van der Waals surface area contributed by atoms with Crippen LogP contribution in [-0.2, 0) is 11.8 Å². The first-order valence-electron chi connectivity index (χ1n) is 9.97. The van der Waals surface area contributed by atoms with Gasteiger partial charge in [0.25, 0.3) is 0 Å². The van der Waals surface area contributed by atoms with Gasteiger partial charge in [0.05, 0.1) is 12.2 Å². The minimum Gasteiger partial charge on any atom is -0.550 e. The second-order valence-electron chi connectivity index (χ2n) is 7.32. The van der Waals surface area contributed by atoms with Crippen LogP contribution in [0.3, 0.4) is 0 Å². The van der Waals surface area contributed by atoms with Crippen molar-refractivity contribution in [2.24, 2.45) is 7.05 Å². The zero-order valence-corrected chi connectivity index (χ0v) is 20.6. The minimum atomic E-state index is -1.43. The van der Waals surface area contributed by atoms with E-state index in [0.717, 1.165) is 0 Å². The molecule has 8 nitrogen and oxygen atoms in total. The number of halogens is 2. The number of aliphatic carboxylic acids is 1. The van der Waals surface area contributed by atoms with E-state index in [1.807, 2.05) is 0 Å². The number of carboxylic acid groups (broad SMARTS) is 1. The molecule has 0 fully saturated rings. The van der Waals surface area contributed by atoms with E-state index in [1.54, 1.807) is 31.3 Å². The normalized spacial score (nSPS) is 12.7. The molecular formula is C23H21F2N4NaO4. The van der Waals surface area contributed by atoms with Gasteiger partial charge < -0.3 is 20.1 Å². The Balaban J connectivity index is 0.00000408. The van der Waals surface area contributed by atoms with Crippen molar-refractivity contribution >= 4 is 17.1 Å². The molecule has 0 saturated carbocycles. The van der Waals surface area contributed by atoms with E-state index in [2.05, 4.69) is 15.5 Å². The number of aromatic nitrogens is 4. The molecular weight excluding hydrogens is 457 g/mol. The molecule has 1 aromatic heterocycles. The predicted octanol–water partition coefficient (Wildman–Crippen LogP) is -1.74. The van der Waals surface area contributed by atoms with Gasteiger partial charge in [0, 0.05) is 31.4 Å². The van der Waals surface area contributed by atoms with Crippen LogP contribution in [0.1, 0.15) is 29.8 Å². The van der Waals surface area contributed by atoms with Crippen LogP contribution in [0.15, 0.2) is 60.7 Å². The zero-order valence-electron chi connectivity index (χ0n) is 18.6. The third-order valence-corrected chi connectivity index (χ3v) is 4.80. The van der Waals surface area contributed by atoms with E-state index in [-0.39, 0.29) is 36.0 Å². The Kier molecular flexibility index (Phi) is 10.2. The second kappa shape index (κ2) is 12.6. The molecule has 0 bridgehead atoms. The van der Waals surface area contributed by atoms with Crippen molar-refractivity contribution in [2.75, 3.05) is 0 Å². The number of allylic oxidation sites excluding steroid dienone is 2. The van der Waals surface area contributed by atoms with E-state index in [4.69, 9.17) is 0 Å². The van der Waals surface area contributed by atoms with Gasteiger partial charge in [-0.25, -0.2) is 13.5 Å². The fraction of sp³-hybridized carbons (Fsp3) is 0.217. The number of aryl methyl sites for hydroxylation is 1. The van der Waals surface area contributed by atoms with E-state index in [9.17, 15) is 28.9 Å². The van der Waals surface area contributed by atoms with E-state index >= 15 is 0 Å². The first-order valence-corrected chi connectivity index (χ1v) is 9.97. The maximum Gasteiger partial charge on any atom is 1.00 e. The third-order valence-electron chi connectivity index (χ3n) is 4.80. The van der Waals surface area contributed by atoms with Gasteiger partial charge in [-0.1, -0.05) is 36.4 Å². The van der Waals surface area contributed by atoms with Crippen LogP contribution in [0.4, 0.5) is 8.78 Å². The Hall–Kier alpha value is -2.76. The van der Waals surface area contributed by atoms with Crippen LogP contribution in [0, 0.1) is 11.6 Å². The number of aliphatic hydroxyl groups excluding tert-OH is 2. The van der Waals surface area contributed by atoms with Crippen LogP contribution < -0.4 is 34.7 Å². The van der Waals surface area contributed by atoms with Crippen LogP contribution in [0.25, 0.3) is 11.1 Å². The zero-order chi connectivity index (χ0) is 24.0. The topological polar surface area (TPSA) is 124 Å². The van der Waals surface area contributed by atoms with Gasteiger partial charge in [0.15, 0.2) is 5.82 Å². The Morgan fingerprint density at radius 3 is 2.03 bits per heavy atom. The molecule has 2 N–H and O–H groups in total. The van der Waals surface area contributed by atoms with Crippen LogP contribution in [0.5, 0.6) is 0 Å². The van der Waals surface area contributed by atoms with Gasteiger partial charge in [0.1, 0.15) is 11.6 Å². The number of carbonyl (C=O) groups excluding carboxylic acids is 1. The van der Waals surface area contributed by atoms with Gasteiger partial charge in [-0.05, 0) is 51.4 Å². The summed E-state index contributed by atoms with van der Waals surface area (Å²) >= 11 is 0. The summed E-state index contributed by atoms with van der Waals surface area (Å²) in [6.07, 6.45) is -0.473. The van der Waals surface area contributed by atoms with Crippen molar-refractivity contribution in [2.45, 2.75) is 25.0 Å². The van der Waals surface area contributed by atoms with E-state index in [1.165, 1.54) is 41.1 Å². The predicted molar refractivity (Wildman–Crippen MR) is 113 cm³/mol. The minimum absolute atomic E-state index is 0.